The van der Waals surface area contributed by atoms with Gasteiger partial charge in [-0.05, 0) is 62.1 Å². The van der Waals surface area contributed by atoms with Crippen LogP contribution >= 0.6 is 0 Å². The first-order valence-electron chi connectivity index (χ1n) is 17.5. The molecule has 3 rings (SSSR count). The van der Waals surface area contributed by atoms with Crippen LogP contribution in [0.2, 0.25) is 0 Å². The number of carboxylic acids is 1. The molecule has 1 aromatic rings. The molecule has 0 bridgehead atoms. The van der Waals surface area contributed by atoms with Crippen LogP contribution < -0.4 is 38.9 Å². The molecule has 286 valence electrons. The number of hydrogen-bond acceptors (Lipinski definition) is 9. The number of carbonyl (C=O) groups is 7. The molecule has 18 heteroatoms. The number of benzene rings is 1. The van der Waals surface area contributed by atoms with Gasteiger partial charge in [-0.2, -0.15) is 0 Å². The van der Waals surface area contributed by atoms with E-state index in [9.17, 15) is 38.7 Å². The number of amides is 6. The lowest BCUT2D eigenvalue weighted by atomic mass is 9.83. The van der Waals surface area contributed by atoms with Crippen molar-refractivity contribution in [3.05, 3.63) is 29.8 Å². The smallest absolute Gasteiger partial charge is 0.323 e. The maximum Gasteiger partial charge on any atom is 0.323 e. The molecule has 1 saturated carbocycles. The molecule has 0 spiro atoms. The molecule has 4 atom stereocenters. The van der Waals surface area contributed by atoms with Crippen molar-refractivity contribution in [1.82, 2.24) is 25.8 Å². The van der Waals surface area contributed by atoms with E-state index in [1.54, 1.807) is 24.3 Å². The normalized spacial score (nSPS) is 17.6. The van der Waals surface area contributed by atoms with Gasteiger partial charge in [-0.3, -0.25) is 38.6 Å². The molecule has 1 saturated heterocycles. The number of likely N-dealkylation sites (tertiary alicyclic amines) is 1. The predicted molar refractivity (Wildman–Crippen MR) is 191 cm³/mol. The van der Waals surface area contributed by atoms with Gasteiger partial charge in [0.05, 0.1) is 0 Å². The summed E-state index contributed by atoms with van der Waals surface area (Å²) in [5.74, 6) is -5.89. The van der Waals surface area contributed by atoms with Crippen molar-refractivity contribution in [2.24, 2.45) is 28.1 Å². The number of nitrogens with two attached hydrogens (primary N) is 4. The number of nitrogens with zero attached hydrogens (tertiary/aromatic N) is 3. The fourth-order valence-electron chi connectivity index (χ4n) is 6.70. The SMILES string of the molecule is CC(=O)N[C@@H](Cc1ccc(N)cc1)C(=O)N[C@H](C(=O)N[C@@H](CCCN=C(N)N)C(=O)N(CC(=O)O)CC(=O)N1CCC[C@H]1C(N)=O)C1CCCCC1. The number of carbonyl (C=O) groups excluding carboxylic acids is 6. The van der Waals surface area contributed by atoms with E-state index in [0.717, 1.165) is 29.7 Å². The number of hydrogen-bond donors (Lipinski definition) is 8. The van der Waals surface area contributed by atoms with Gasteiger partial charge in [0.15, 0.2) is 5.96 Å². The predicted octanol–water partition coefficient (Wildman–Crippen LogP) is -1.69. The van der Waals surface area contributed by atoms with Crippen molar-refractivity contribution in [2.75, 3.05) is 31.9 Å². The van der Waals surface area contributed by atoms with E-state index >= 15 is 0 Å². The molecule has 2 aliphatic rings. The third-order valence-corrected chi connectivity index (χ3v) is 9.24. The minimum atomic E-state index is -1.41. The Balaban J connectivity index is 1.89. The first-order chi connectivity index (χ1) is 24.7. The van der Waals surface area contributed by atoms with Crippen LogP contribution in [-0.4, -0.2) is 113 Å². The second-order valence-corrected chi connectivity index (χ2v) is 13.3. The lowest BCUT2D eigenvalue weighted by molar-refractivity contribution is -0.150. The maximum atomic E-state index is 14.2. The third kappa shape index (κ3) is 12.7. The van der Waals surface area contributed by atoms with Crippen LogP contribution in [0.3, 0.4) is 0 Å². The molecule has 18 nitrogen and oxygen atoms in total. The van der Waals surface area contributed by atoms with Crippen molar-refractivity contribution in [3.63, 3.8) is 0 Å². The summed E-state index contributed by atoms with van der Waals surface area (Å²) < 4.78 is 0. The lowest BCUT2D eigenvalue weighted by Gasteiger charge is -2.33. The number of aliphatic imine (C=N–C) groups is 1. The summed E-state index contributed by atoms with van der Waals surface area (Å²) >= 11 is 0. The quantitative estimate of drug-likeness (QED) is 0.0365. The van der Waals surface area contributed by atoms with E-state index < -0.39 is 78.7 Å². The van der Waals surface area contributed by atoms with Gasteiger partial charge in [0, 0.05) is 32.1 Å². The average Bonchev–Trinajstić information content (AvgIpc) is 3.59. The van der Waals surface area contributed by atoms with Gasteiger partial charge >= 0.3 is 5.97 Å². The second kappa shape index (κ2) is 19.8. The third-order valence-electron chi connectivity index (χ3n) is 9.24. The van der Waals surface area contributed by atoms with E-state index in [1.807, 2.05) is 0 Å². The molecule has 2 fully saturated rings. The van der Waals surface area contributed by atoms with Crippen LogP contribution in [0.25, 0.3) is 0 Å². The van der Waals surface area contributed by atoms with Crippen molar-refractivity contribution in [3.8, 4) is 0 Å². The second-order valence-electron chi connectivity index (χ2n) is 13.3. The monoisotopic (exact) mass is 728 g/mol. The first kappa shape index (κ1) is 41.0. The maximum absolute atomic E-state index is 14.2. The van der Waals surface area contributed by atoms with E-state index in [2.05, 4.69) is 20.9 Å². The zero-order valence-electron chi connectivity index (χ0n) is 29.6. The minimum Gasteiger partial charge on any atom is -0.480 e. The molecule has 12 N–H and O–H groups in total. The van der Waals surface area contributed by atoms with Crippen molar-refractivity contribution in [2.45, 2.75) is 95.3 Å². The Bertz CT molecular complexity index is 1480. The van der Waals surface area contributed by atoms with Gasteiger partial charge in [-0.25, -0.2) is 0 Å². The topological polar surface area (TPSA) is 299 Å². The Labute approximate surface area is 302 Å². The van der Waals surface area contributed by atoms with Crippen LogP contribution in [0.1, 0.15) is 70.3 Å². The molecule has 1 aliphatic carbocycles. The fraction of sp³-hybridized carbons (Fsp3) is 0.588. The summed E-state index contributed by atoms with van der Waals surface area (Å²) in [7, 11) is 0. The number of aliphatic carboxylic acids is 1. The molecule has 1 aliphatic heterocycles. The van der Waals surface area contributed by atoms with Crippen LogP contribution in [0.15, 0.2) is 29.3 Å². The average molecular weight is 729 g/mol. The summed E-state index contributed by atoms with van der Waals surface area (Å²) in [5, 5.41) is 17.9. The van der Waals surface area contributed by atoms with Crippen LogP contribution in [0.4, 0.5) is 5.69 Å². The largest absolute Gasteiger partial charge is 0.480 e. The number of rotatable bonds is 18. The molecule has 1 aromatic carbocycles. The highest BCUT2D eigenvalue weighted by atomic mass is 16.4. The Morgan fingerprint density at radius 2 is 1.56 bits per heavy atom. The Morgan fingerprint density at radius 1 is 0.885 bits per heavy atom. The molecular weight excluding hydrogens is 676 g/mol. The number of primary amides is 1. The molecule has 0 unspecified atom stereocenters. The molecule has 0 aromatic heterocycles. The molecular formula is C34H52N10O8. The van der Waals surface area contributed by atoms with Crippen LogP contribution in [0.5, 0.6) is 0 Å². The first-order valence-corrected chi connectivity index (χ1v) is 17.5. The van der Waals surface area contributed by atoms with E-state index in [-0.39, 0.29) is 44.2 Å². The number of nitrogen functional groups attached to an aromatic ring is 1. The Hall–Kier alpha value is -5.42. The summed E-state index contributed by atoms with van der Waals surface area (Å²) in [6.07, 6.45) is 4.89. The minimum absolute atomic E-state index is 0.0454. The zero-order chi connectivity index (χ0) is 38.4. The van der Waals surface area contributed by atoms with Crippen LogP contribution in [-0.2, 0) is 40.0 Å². The lowest BCUT2D eigenvalue weighted by Crippen LogP contribution is -2.60. The Morgan fingerprint density at radius 3 is 2.15 bits per heavy atom. The van der Waals surface area contributed by atoms with Crippen LogP contribution in [0, 0.1) is 5.92 Å². The summed E-state index contributed by atoms with van der Waals surface area (Å²) in [6, 6.07) is 2.42. The van der Waals surface area contributed by atoms with Gasteiger partial charge in [0.25, 0.3) is 0 Å². The molecule has 0 radical (unpaired) electrons. The molecule has 6 amide bonds. The highest BCUT2D eigenvalue weighted by molar-refractivity contribution is 5.96. The zero-order valence-corrected chi connectivity index (χ0v) is 29.6. The number of nitrogens with one attached hydrogen (secondary N) is 3. The number of guanidine groups is 1. The Kier molecular flexibility index (Phi) is 15.6. The number of carboxylic acid groups (broad SMARTS) is 1. The standard InChI is InChI=1S/C34H52N10O8/c1-20(45)40-25(17-21-11-13-23(35)14-12-21)31(50)42-29(22-7-3-2-4-8-22)32(51)41-24(9-5-15-39-34(37)38)33(52)43(19-28(47)48)18-27(46)44-16-6-10-26(44)30(36)49/h11-14,22,24-26,29H,2-10,15-19,35H2,1H3,(H2,36,49)(H,40,45)(H,41,51)(H,42,50)(H,47,48)(H4,37,38,39)/t24-,25-,26-,29-/m0/s1. The highest BCUT2D eigenvalue weighted by Gasteiger charge is 2.38. The van der Waals surface area contributed by atoms with Gasteiger partial charge in [0.2, 0.25) is 35.4 Å². The molecule has 1 heterocycles. The van der Waals surface area contributed by atoms with Crippen molar-refractivity contribution >= 4 is 53.1 Å². The van der Waals surface area contributed by atoms with Gasteiger partial charge in [-0.1, -0.05) is 31.4 Å². The summed E-state index contributed by atoms with van der Waals surface area (Å²) in [4.78, 5) is 97.1. The van der Waals surface area contributed by atoms with E-state index in [0.29, 0.717) is 31.4 Å². The van der Waals surface area contributed by atoms with Crippen molar-refractivity contribution < 1.29 is 38.7 Å². The summed E-state index contributed by atoms with van der Waals surface area (Å²) in [5.41, 5.74) is 23.4. The van der Waals surface area contributed by atoms with E-state index in [1.165, 1.54) is 11.8 Å². The van der Waals surface area contributed by atoms with Gasteiger partial charge < -0.3 is 53.8 Å². The van der Waals surface area contributed by atoms with Gasteiger partial charge in [0.1, 0.15) is 37.3 Å². The van der Waals surface area contributed by atoms with Gasteiger partial charge in [-0.15, -0.1) is 0 Å². The summed E-state index contributed by atoms with van der Waals surface area (Å²) in [6.45, 7) is 0.0211. The fourth-order valence-corrected chi connectivity index (χ4v) is 6.70. The number of anilines is 1. The highest BCUT2D eigenvalue weighted by Crippen LogP contribution is 2.27. The van der Waals surface area contributed by atoms with E-state index in [4.69, 9.17) is 22.9 Å². The van der Waals surface area contributed by atoms with Crippen molar-refractivity contribution in [1.29, 1.82) is 0 Å². The molecule has 52 heavy (non-hydrogen) atoms.